The molecular weight excluding hydrogens is 481 g/mol. The van der Waals surface area contributed by atoms with E-state index in [0.717, 1.165) is 29.7 Å². The average molecular weight is 512 g/mol. The second-order valence-electron chi connectivity index (χ2n) is 8.84. The zero-order chi connectivity index (χ0) is 26.0. The monoisotopic (exact) mass is 511 g/mol. The van der Waals surface area contributed by atoms with E-state index in [-0.39, 0.29) is 45.9 Å². The van der Waals surface area contributed by atoms with E-state index in [1.807, 2.05) is 19.1 Å². The first-order valence-corrected chi connectivity index (χ1v) is 12.5. The lowest BCUT2D eigenvalue weighted by Gasteiger charge is -2.22. The average Bonchev–Trinajstić information content (AvgIpc) is 3.66. The maximum Gasteiger partial charge on any atom is 0.259 e. The molecule has 4 N–H and O–H groups in total. The van der Waals surface area contributed by atoms with Gasteiger partial charge in [0.2, 0.25) is 0 Å². The van der Waals surface area contributed by atoms with Crippen molar-refractivity contribution in [3.05, 3.63) is 74.8 Å². The van der Waals surface area contributed by atoms with Crippen molar-refractivity contribution in [2.75, 3.05) is 17.1 Å². The molecule has 1 aliphatic rings. The van der Waals surface area contributed by atoms with E-state index < -0.39 is 5.82 Å². The summed E-state index contributed by atoms with van der Waals surface area (Å²) in [5.41, 5.74) is 2.58. The van der Waals surface area contributed by atoms with Crippen LogP contribution >= 0.6 is 12.1 Å². The molecule has 0 saturated heterocycles. The minimum Gasteiger partial charge on any atom is -0.456 e. The normalized spacial score (nSPS) is 12.8. The van der Waals surface area contributed by atoms with Crippen LogP contribution in [0.1, 0.15) is 39.9 Å². The van der Waals surface area contributed by atoms with Crippen LogP contribution in [-0.4, -0.2) is 23.6 Å². The number of aryl methyl sites for hydroxylation is 1. The summed E-state index contributed by atoms with van der Waals surface area (Å²) in [6.07, 6.45) is 1.77. The third kappa shape index (κ3) is 5.34. The number of aromatic nitrogens is 1. The molecule has 1 heterocycles. The van der Waals surface area contributed by atoms with E-state index in [1.165, 1.54) is 22.8 Å². The summed E-state index contributed by atoms with van der Waals surface area (Å²) in [5.74, 6) is -0.109. The Morgan fingerprint density at radius 2 is 1.86 bits per heavy atom. The van der Waals surface area contributed by atoms with Crippen molar-refractivity contribution in [2.45, 2.75) is 39.7 Å². The highest BCUT2D eigenvalue weighted by Crippen LogP contribution is 2.37. The number of hydrogen-bond acceptors (Lipinski definition) is 7. The van der Waals surface area contributed by atoms with Gasteiger partial charge in [-0.1, -0.05) is 12.1 Å². The molecular formula is C26H30FN5O3S. The van der Waals surface area contributed by atoms with Crippen LogP contribution in [0.25, 0.3) is 0 Å². The van der Waals surface area contributed by atoms with Crippen molar-refractivity contribution in [2.24, 2.45) is 7.05 Å². The summed E-state index contributed by atoms with van der Waals surface area (Å²) in [4.78, 5) is 26.7. The van der Waals surface area contributed by atoms with E-state index in [0.29, 0.717) is 5.75 Å². The van der Waals surface area contributed by atoms with Crippen molar-refractivity contribution in [3.8, 4) is 11.5 Å². The Labute approximate surface area is 213 Å². The Hall–Kier alpha value is -3.50. The minimum absolute atomic E-state index is 0.0692. The summed E-state index contributed by atoms with van der Waals surface area (Å²) in [6.45, 7) is 5.29. The highest BCUT2D eigenvalue weighted by atomic mass is 32.2. The van der Waals surface area contributed by atoms with Crippen LogP contribution in [0.2, 0.25) is 0 Å². The number of hydrogen-bond donors (Lipinski definition) is 4. The molecule has 1 amide bonds. The van der Waals surface area contributed by atoms with E-state index in [9.17, 15) is 14.0 Å². The molecule has 10 heteroatoms. The molecule has 190 valence electrons. The fourth-order valence-corrected chi connectivity index (χ4v) is 4.22. The summed E-state index contributed by atoms with van der Waals surface area (Å²) in [6, 6.07) is 10.3. The first-order chi connectivity index (χ1) is 17.2. The van der Waals surface area contributed by atoms with Crippen LogP contribution in [0.5, 0.6) is 11.5 Å². The third-order valence-corrected chi connectivity index (χ3v) is 6.57. The van der Waals surface area contributed by atoms with Crippen molar-refractivity contribution >= 4 is 35.2 Å². The van der Waals surface area contributed by atoms with E-state index in [1.54, 1.807) is 46.1 Å². The van der Waals surface area contributed by atoms with Crippen molar-refractivity contribution in [1.82, 2.24) is 14.6 Å². The number of nitrogens with one attached hydrogen (secondary N) is 4. The fraction of sp³-hybridized carbons (Fsp3) is 0.308. The van der Waals surface area contributed by atoms with Crippen molar-refractivity contribution in [1.29, 1.82) is 0 Å². The standard InChI is InChI=1S/C26H30FN5O3S/c1-14-9-12-20(18(27)13-14)30-24-22(25(33)29-17-10-11-17)23(16(3)26(34)32(24)5)35-21-8-6-7-19(15(21)2)31-36-28-4/h6-9,12-13,17,28,30-31H,10-11H2,1-5H3,(H,29,33). The van der Waals surface area contributed by atoms with Crippen LogP contribution in [0, 0.1) is 26.6 Å². The highest BCUT2D eigenvalue weighted by Gasteiger charge is 2.31. The van der Waals surface area contributed by atoms with Gasteiger partial charge in [-0.3, -0.25) is 14.2 Å². The summed E-state index contributed by atoms with van der Waals surface area (Å²) in [7, 11) is 3.35. The third-order valence-electron chi connectivity index (χ3n) is 6.04. The second-order valence-corrected chi connectivity index (χ2v) is 9.65. The predicted octanol–water partition coefficient (Wildman–Crippen LogP) is 5.07. The van der Waals surface area contributed by atoms with Gasteiger partial charge in [0.15, 0.2) is 5.75 Å². The highest BCUT2D eigenvalue weighted by molar-refractivity contribution is 7.98. The Kier molecular flexibility index (Phi) is 7.56. The lowest BCUT2D eigenvalue weighted by Crippen LogP contribution is -2.31. The molecule has 0 aliphatic heterocycles. The van der Waals surface area contributed by atoms with E-state index in [2.05, 4.69) is 20.1 Å². The van der Waals surface area contributed by atoms with Gasteiger partial charge in [0.1, 0.15) is 22.9 Å². The molecule has 36 heavy (non-hydrogen) atoms. The zero-order valence-corrected chi connectivity index (χ0v) is 21.7. The van der Waals surface area contributed by atoms with Crippen LogP contribution in [0.4, 0.5) is 21.6 Å². The molecule has 8 nitrogen and oxygen atoms in total. The summed E-state index contributed by atoms with van der Waals surface area (Å²) >= 11 is 1.31. The molecule has 1 saturated carbocycles. The largest absolute Gasteiger partial charge is 0.456 e. The molecule has 3 aromatic rings. The number of carbonyl (C=O) groups excluding carboxylic acids is 1. The maximum atomic E-state index is 14.8. The van der Waals surface area contributed by atoms with Gasteiger partial charge < -0.3 is 20.1 Å². The molecule has 1 fully saturated rings. The number of halogens is 1. The molecule has 1 aromatic heterocycles. The lowest BCUT2D eigenvalue weighted by molar-refractivity contribution is 0.0948. The van der Waals surface area contributed by atoms with E-state index >= 15 is 0 Å². The number of ether oxygens (including phenoxy) is 1. The van der Waals surface area contributed by atoms with Crippen LogP contribution in [0.15, 0.2) is 41.2 Å². The van der Waals surface area contributed by atoms with Gasteiger partial charge >= 0.3 is 0 Å². The number of carbonyl (C=O) groups is 1. The first-order valence-electron chi connectivity index (χ1n) is 11.6. The molecule has 0 unspecified atom stereocenters. The van der Waals surface area contributed by atoms with Crippen molar-refractivity contribution in [3.63, 3.8) is 0 Å². The molecule has 0 radical (unpaired) electrons. The molecule has 1 aliphatic carbocycles. The van der Waals surface area contributed by atoms with E-state index in [4.69, 9.17) is 4.74 Å². The number of anilines is 3. The van der Waals surface area contributed by atoms with Crippen LogP contribution in [-0.2, 0) is 7.05 Å². The fourth-order valence-electron chi connectivity index (χ4n) is 3.78. The van der Waals surface area contributed by atoms with Gasteiger partial charge in [-0.15, -0.1) is 0 Å². The van der Waals surface area contributed by atoms with Crippen molar-refractivity contribution < 1.29 is 13.9 Å². The predicted molar refractivity (Wildman–Crippen MR) is 143 cm³/mol. The van der Waals surface area contributed by atoms with Gasteiger partial charge in [-0.25, -0.2) is 9.11 Å². The summed E-state index contributed by atoms with van der Waals surface area (Å²) < 4.78 is 28.5. The molecule has 2 aromatic carbocycles. The maximum absolute atomic E-state index is 14.8. The molecule has 0 bridgehead atoms. The number of benzene rings is 2. The smallest absolute Gasteiger partial charge is 0.259 e. The lowest BCUT2D eigenvalue weighted by atomic mass is 10.1. The quantitative estimate of drug-likeness (QED) is 0.298. The number of amides is 1. The number of pyridine rings is 1. The topological polar surface area (TPSA) is 96.4 Å². The first kappa shape index (κ1) is 25.6. The minimum atomic E-state index is -0.490. The number of rotatable bonds is 9. The molecule has 0 spiro atoms. The van der Waals surface area contributed by atoms with Gasteiger partial charge in [0.25, 0.3) is 11.5 Å². The Morgan fingerprint density at radius 1 is 1.11 bits per heavy atom. The Bertz CT molecular complexity index is 1370. The van der Waals surface area contributed by atoms with Gasteiger partial charge in [-0.05, 0) is 70.5 Å². The molecule has 4 rings (SSSR count). The van der Waals surface area contributed by atoms with Gasteiger partial charge in [0, 0.05) is 30.8 Å². The van der Waals surface area contributed by atoms with Gasteiger partial charge in [0.05, 0.1) is 16.9 Å². The number of nitrogens with zero attached hydrogens (tertiary/aromatic N) is 1. The van der Waals surface area contributed by atoms with Gasteiger partial charge in [-0.2, -0.15) is 0 Å². The Balaban J connectivity index is 1.86. The summed E-state index contributed by atoms with van der Waals surface area (Å²) in [5, 5.41) is 5.96. The van der Waals surface area contributed by atoms with Crippen LogP contribution in [0.3, 0.4) is 0 Å². The zero-order valence-electron chi connectivity index (χ0n) is 20.9. The second kappa shape index (κ2) is 10.6. The van der Waals surface area contributed by atoms with Crippen LogP contribution < -0.4 is 30.4 Å². The molecule has 0 atom stereocenters. The Morgan fingerprint density at radius 3 is 2.53 bits per heavy atom. The SMILES string of the molecule is CNSNc1cccc(Oc2c(C(=O)NC3CC3)c(Nc3ccc(C)cc3F)n(C)c(=O)c2C)c1C.